The molecule has 1 aromatic carbocycles. The minimum Gasteiger partial charge on any atom is -0.354 e. The molecule has 1 aromatic heterocycles. The Kier molecular flexibility index (Phi) is 5.14. The van der Waals surface area contributed by atoms with Gasteiger partial charge in [0.15, 0.2) is 0 Å². The standard InChI is InChI=1S/C17H16ClFN4O2/c18-14-9-12(1-3-15(14)19)21-13-2-4-16(20-10-13)17(25)23-7-5-22(11-24)6-8-23/h1-4,9-11,21H,5-8H2. The molecule has 8 heteroatoms. The lowest BCUT2D eigenvalue weighted by Gasteiger charge is -2.32. The minimum atomic E-state index is -0.485. The third-order valence-electron chi connectivity index (χ3n) is 3.94. The zero-order valence-electron chi connectivity index (χ0n) is 13.3. The van der Waals surface area contributed by atoms with Gasteiger partial charge in [-0.1, -0.05) is 11.6 Å². The fourth-order valence-electron chi connectivity index (χ4n) is 2.53. The van der Waals surface area contributed by atoms with Crippen molar-refractivity contribution < 1.29 is 14.0 Å². The number of hydrogen-bond donors (Lipinski definition) is 1. The Morgan fingerprint density at radius 1 is 1.16 bits per heavy atom. The second-order valence-electron chi connectivity index (χ2n) is 5.62. The van der Waals surface area contributed by atoms with Crippen LogP contribution in [0.1, 0.15) is 10.5 Å². The Morgan fingerprint density at radius 3 is 2.48 bits per heavy atom. The number of nitrogens with one attached hydrogen (secondary N) is 1. The number of aromatic nitrogens is 1. The maximum atomic E-state index is 13.2. The van der Waals surface area contributed by atoms with Gasteiger partial charge >= 0.3 is 0 Å². The van der Waals surface area contributed by atoms with Crippen molar-refractivity contribution in [3.8, 4) is 0 Å². The topological polar surface area (TPSA) is 65.5 Å². The predicted octanol–water partition coefficient (Wildman–Crippen LogP) is 2.53. The second-order valence-corrected chi connectivity index (χ2v) is 6.03. The van der Waals surface area contributed by atoms with Crippen molar-refractivity contribution in [1.82, 2.24) is 14.8 Å². The summed E-state index contributed by atoms with van der Waals surface area (Å²) >= 11 is 5.75. The zero-order valence-corrected chi connectivity index (χ0v) is 14.0. The van der Waals surface area contributed by atoms with Gasteiger partial charge in [0.25, 0.3) is 5.91 Å². The van der Waals surface area contributed by atoms with Crippen LogP contribution in [0.3, 0.4) is 0 Å². The monoisotopic (exact) mass is 362 g/mol. The van der Waals surface area contributed by atoms with Crippen LogP contribution < -0.4 is 5.32 Å². The molecule has 0 aliphatic carbocycles. The molecule has 1 fully saturated rings. The molecule has 2 aromatic rings. The highest BCUT2D eigenvalue weighted by Gasteiger charge is 2.22. The quantitative estimate of drug-likeness (QED) is 0.849. The molecule has 0 saturated carbocycles. The first-order valence-electron chi connectivity index (χ1n) is 7.73. The Balaban J connectivity index is 1.64. The van der Waals surface area contributed by atoms with Gasteiger partial charge < -0.3 is 15.1 Å². The summed E-state index contributed by atoms with van der Waals surface area (Å²) in [5.74, 6) is -0.650. The van der Waals surface area contributed by atoms with E-state index >= 15 is 0 Å². The minimum absolute atomic E-state index is 0.0271. The third kappa shape index (κ3) is 4.06. The van der Waals surface area contributed by atoms with E-state index < -0.39 is 5.82 Å². The Morgan fingerprint density at radius 2 is 1.88 bits per heavy atom. The first kappa shape index (κ1) is 17.2. The first-order chi connectivity index (χ1) is 12.1. The van der Waals surface area contributed by atoms with Gasteiger partial charge in [-0.05, 0) is 30.3 Å². The van der Waals surface area contributed by atoms with Crippen LogP contribution >= 0.6 is 11.6 Å². The molecule has 2 amide bonds. The van der Waals surface area contributed by atoms with E-state index in [1.54, 1.807) is 28.0 Å². The van der Waals surface area contributed by atoms with E-state index in [9.17, 15) is 14.0 Å². The molecule has 25 heavy (non-hydrogen) atoms. The summed E-state index contributed by atoms with van der Waals surface area (Å²) in [6.07, 6.45) is 2.33. The van der Waals surface area contributed by atoms with Crippen molar-refractivity contribution in [2.24, 2.45) is 0 Å². The van der Waals surface area contributed by atoms with Crippen LogP contribution in [-0.4, -0.2) is 53.3 Å². The highest BCUT2D eigenvalue weighted by molar-refractivity contribution is 6.31. The molecule has 1 aliphatic heterocycles. The molecule has 1 N–H and O–H groups in total. The smallest absolute Gasteiger partial charge is 0.272 e. The van der Waals surface area contributed by atoms with Gasteiger partial charge in [-0.15, -0.1) is 0 Å². The summed E-state index contributed by atoms with van der Waals surface area (Å²) in [6.45, 7) is 2.04. The molecular formula is C17H16ClFN4O2. The molecule has 0 unspecified atom stereocenters. The summed E-state index contributed by atoms with van der Waals surface area (Å²) < 4.78 is 13.2. The number of amides is 2. The van der Waals surface area contributed by atoms with Gasteiger partial charge in [0.05, 0.1) is 16.9 Å². The van der Waals surface area contributed by atoms with Crippen LogP contribution in [0.5, 0.6) is 0 Å². The molecule has 0 atom stereocenters. The van der Waals surface area contributed by atoms with Crippen molar-refractivity contribution in [1.29, 1.82) is 0 Å². The average Bonchev–Trinajstić information content (AvgIpc) is 2.65. The van der Waals surface area contributed by atoms with Crippen molar-refractivity contribution in [2.75, 3.05) is 31.5 Å². The number of anilines is 2. The normalized spacial score (nSPS) is 14.3. The van der Waals surface area contributed by atoms with E-state index in [2.05, 4.69) is 10.3 Å². The highest BCUT2D eigenvalue weighted by atomic mass is 35.5. The lowest BCUT2D eigenvalue weighted by molar-refractivity contribution is -0.119. The molecule has 0 spiro atoms. The lowest BCUT2D eigenvalue weighted by Crippen LogP contribution is -2.48. The van der Waals surface area contributed by atoms with Crippen LogP contribution in [0.25, 0.3) is 0 Å². The van der Waals surface area contributed by atoms with E-state index in [-0.39, 0.29) is 10.9 Å². The number of halogens is 2. The third-order valence-corrected chi connectivity index (χ3v) is 4.23. The summed E-state index contributed by atoms with van der Waals surface area (Å²) in [6, 6.07) is 7.66. The number of rotatable bonds is 4. The van der Waals surface area contributed by atoms with Crippen LogP contribution in [0.15, 0.2) is 36.5 Å². The van der Waals surface area contributed by atoms with Crippen LogP contribution in [0.4, 0.5) is 15.8 Å². The van der Waals surface area contributed by atoms with Gasteiger partial charge in [-0.2, -0.15) is 0 Å². The molecule has 6 nitrogen and oxygen atoms in total. The van der Waals surface area contributed by atoms with Gasteiger partial charge in [-0.3, -0.25) is 9.59 Å². The van der Waals surface area contributed by atoms with Gasteiger partial charge in [0, 0.05) is 31.9 Å². The number of benzene rings is 1. The molecule has 0 bridgehead atoms. The van der Waals surface area contributed by atoms with Crippen LogP contribution in [-0.2, 0) is 4.79 Å². The number of pyridine rings is 1. The fraction of sp³-hybridized carbons (Fsp3) is 0.235. The maximum Gasteiger partial charge on any atom is 0.272 e. The van der Waals surface area contributed by atoms with Crippen molar-refractivity contribution in [3.63, 3.8) is 0 Å². The van der Waals surface area contributed by atoms with Gasteiger partial charge in [0.2, 0.25) is 6.41 Å². The Bertz CT molecular complexity index is 777. The number of carbonyl (C=O) groups excluding carboxylic acids is 2. The average molecular weight is 363 g/mol. The van der Waals surface area contributed by atoms with E-state index in [1.165, 1.54) is 18.3 Å². The molecule has 1 saturated heterocycles. The van der Waals surface area contributed by atoms with Crippen LogP contribution in [0.2, 0.25) is 5.02 Å². The zero-order chi connectivity index (χ0) is 17.8. The summed E-state index contributed by atoms with van der Waals surface area (Å²) in [7, 11) is 0. The van der Waals surface area contributed by atoms with Crippen molar-refractivity contribution in [2.45, 2.75) is 0 Å². The Labute approximate surface area is 149 Å². The SMILES string of the molecule is O=CN1CCN(C(=O)c2ccc(Nc3ccc(F)c(Cl)c3)cn2)CC1. The maximum absolute atomic E-state index is 13.2. The predicted molar refractivity (Wildman–Crippen MR) is 92.5 cm³/mol. The fourth-order valence-corrected chi connectivity index (χ4v) is 2.71. The highest BCUT2D eigenvalue weighted by Crippen LogP contribution is 2.22. The molecule has 130 valence electrons. The van der Waals surface area contributed by atoms with Crippen LogP contribution in [0, 0.1) is 5.82 Å². The van der Waals surface area contributed by atoms with E-state index in [1.807, 2.05) is 0 Å². The summed E-state index contributed by atoms with van der Waals surface area (Å²) in [5.41, 5.74) is 1.62. The molecule has 2 heterocycles. The number of nitrogens with zero attached hydrogens (tertiary/aromatic N) is 3. The summed E-state index contributed by atoms with van der Waals surface area (Å²) in [5, 5.41) is 3.07. The van der Waals surface area contributed by atoms with E-state index in [0.29, 0.717) is 43.2 Å². The lowest BCUT2D eigenvalue weighted by atomic mass is 10.2. The first-order valence-corrected chi connectivity index (χ1v) is 8.11. The van der Waals surface area contributed by atoms with Crippen molar-refractivity contribution in [3.05, 3.63) is 53.1 Å². The number of piperazine rings is 1. The van der Waals surface area contributed by atoms with E-state index in [0.717, 1.165) is 6.41 Å². The molecule has 0 radical (unpaired) electrons. The second kappa shape index (κ2) is 7.48. The van der Waals surface area contributed by atoms with E-state index in [4.69, 9.17) is 11.6 Å². The Hall–Kier alpha value is -2.67. The largest absolute Gasteiger partial charge is 0.354 e. The van der Waals surface area contributed by atoms with Crippen molar-refractivity contribution >= 4 is 35.3 Å². The number of carbonyl (C=O) groups is 2. The number of hydrogen-bond acceptors (Lipinski definition) is 4. The summed E-state index contributed by atoms with van der Waals surface area (Å²) in [4.78, 5) is 30.6. The van der Waals surface area contributed by atoms with Gasteiger partial charge in [-0.25, -0.2) is 9.37 Å². The molecule has 1 aliphatic rings. The molecular weight excluding hydrogens is 347 g/mol. The molecule has 3 rings (SSSR count). The van der Waals surface area contributed by atoms with Gasteiger partial charge in [0.1, 0.15) is 11.5 Å².